The van der Waals surface area contributed by atoms with E-state index in [1.807, 2.05) is 31.1 Å². The van der Waals surface area contributed by atoms with Crippen LogP contribution in [0.15, 0.2) is 24.3 Å². The molecule has 1 aromatic carbocycles. The highest BCUT2D eigenvalue weighted by atomic mass is 16.5. The van der Waals surface area contributed by atoms with Crippen molar-refractivity contribution in [1.29, 1.82) is 0 Å². The number of nitrogens with zero attached hydrogens (tertiary/aromatic N) is 1. The first-order valence-electron chi connectivity index (χ1n) is 3.55. The van der Waals surface area contributed by atoms with E-state index >= 15 is 0 Å². The van der Waals surface area contributed by atoms with Crippen LogP contribution in [0.5, 0.6) is 5.75 Å². The zero-order valence-corrected chi connectivity index (χ0v) is 7.07. The summed E-state index contributed by atoms with van der Waals surface area (Å²) in [6.07, 6.45) is 0. The van der Waals surface area contributed by atoms with Crippen molar-refractivity contribution < 1.29 is 9.53 Å². The van der Waals surface area contributed by atoms with Crippen LogP contribution in [0.25, 0.3) is 0 Å². The molecular weight excluding hydrogens is 154 g/mol. The van der Waals surface area contributed by atoms with E-state index in [-0.39, 0.29) is 0 Å². The molecule has 0 aromatic heterocycles. The van der Waals surface area contributed by atoms with Crippen LogP contribution in [0, 0.1) is 0 Å². The molecule has 3 nitrogen and oxygen atoms in total. The van der Waals surface area contributed by atoms with Gasteiger partial charge in [-0.25, -0.2) is 4.79 Å². The summed E-state index contributed by atoms with van der Waals surface area (Å²) in [5.74, 6) is 0.510. The van der Waals surface area contributed by atoms with Gasteiger partial charge in [-0.05, 0) is 24.3 Å². The number of rotatable bonds is 3. The van der Waals surface area contributed by atoms with Crippen LogP contribution < -0.4 is 9.64 Å². The lowest BCUT2D eigenvalue weighted by Gasteiger charge is -2.11. The molecule has 0 heterocycles. The maximum absolute atomic E-state index is 9.84. The van der Waals surface area contributed by atoms with E-state index in [4.69, 9.17) is 0 Å². The van der Waals surface area contributed by atoms with E-state index < -0.39 is 0 Å². The zero-order chi connectivity index (χ0) is 8.97. The quantitative estimate of drug-likeness (QED) is 0.672. The summed E-state index contributed by atoms with van der Waals surface area (Å²) in [6, 6.07) is 7.18. The van der Waals surface area contributed by atoms with E-state index in [0.29, 0.717) is 5.75 Å². The Balaban J connectivity index is 2.78. The van der Waals surface area contributed by atoms with Gasteiger partial charge in [-0.2, -0.15) is 0 Å². The van der Waals surface area contributed by atoms with Crippen LogP contribution in [-0.2, 0) is 4.79 Å². The molecule has 0 fully saturated rings. The van der Waals surface area contributed by atoms with Crippen LogP contribution >= 0.6 is 0 Å². The predicted molar refractivity (Wildman–Crippen MR) is 47.1 cm³/mol. The Kier molecular flexibility index (Phi) is 2.69. The molecule has 63 valence electrons. The summed E-state index contributed by atoms with van der Waals surface area (Å²) in [4.78, 5) is 11.8. The van der Waals surface area contributed by atoms with Gasteiger partial charge < -0.3 is 9.64 Å². The molecule has 0 N–H and O–H groups in total. The number of hydrogen-bond acceptors (Lipinski definition) is 3. The van der Waals surface area contributed by atoms with Gasteiger partial charge in [0, 0.05) is 19.8 Å². The van der Waals surface area contributed by atoms with E-state index in [0.717, 1.165) is 5.69 Å². The first-order chi connectivity index (χ1) is 5.74. The fourth-order valence-electron chi connectivity index (χ4n) is 0.860. The van der Waals surface area contributed by atoms with Crippen molar-refractivity contribution in [3.63, 3.8) is 0 Å². The van der Waals surface area contributed by atoms with Gasteiger partial charge in [0.2, 0.25) is 0 Å². The molecule has 0 aliphatic rings. The summed E-state index contributed by atoms with van der Waals surface area (Å²) in [7, 11) is 3.89. The van der Waals surface area contributed by atoms with Crippen LogP contribution in [0.4, 0.5) is 5.69 Å². The van der Waals surface area contributed by atoms with Gasteiger partial charge in [-0.1, -0.05) is 0 Å². The Morgan fingerprint density at radius 2 is 1.83 bits per heavy atom. The largest absolute Gasteiger partial charge is 0.423 e. The minimum absolute atomic E-state index is 0.510. The fraction of sp³-hybridized carbons (Fsp3) is 0.222. The molecule has 0 aliphatic carbocycles. The van der Waals surface area contributed by atoms with Gasteiger partial charge in [0.1, 0.15) is 5.75 Å². The number of benzene rings is 1. The van der Waals surface area contributed by atoms with Crippen molar-refractivity contribution in [2.45, 2.75) is 0 Å². The standard InChI is InChI=1S/C9H10NO2/c1-10(2)8-3-5-9(6-4-8)12-7-11/h3-6H,1-2H3. The Morgan fingerprint density at radius 3 is 2.25 bits per heavy atom. The zero-order valence-electron chi connectivity index (χ0n) is 7.07. The molecule has 0 spiro atoms. The molecular formula is C9H10NO2. The van der Waals surface area contributed by atoms with Gasteiger partial charge in [-0.3, -0.25) is 0 Å². The number of ether oxygens (including phenoxy) is 1. The van der Waals surface area contributed by atoms with E-state index in [1.165, 1.54) is 6.47 Å². The summed E-state index contributed by atoms with van der Waals surface area (Å²) >= 11 is 0. The summed E-state index contributed by atoms with van der Waals surface area (Å²) < 4.78 is 4.52. The molecule has 0 aliphatic heterocycles. The number of carbonyl (C=O) groups excluding carboxylic acids is 1. The lowest BCUT2D eigenvalue weighted by Crippen LogP contribution is -2.07. The highest BCUT2D eigenvalue weighted by molar-refractivity contribution is 5.51. The van der Waals surface area contributed by atoms with E-state index in [1.54, 1.807) is 12.1 Å². The van der Waals surface area contributed by atoms with Gasteiger partial charge in [0.05, 0.1) is 0 Å². The highest BCUT2D eigenvalue weighted by Crippen LogP contribution is 2.16. The minimum atomic E-state index is 0.510. The van der Waals surface area contributed by atoms with E-state index in [9.17, 15) is 4.79 Å². The molecule has 1 rings (SSSR count). The van der Waals surface area contributed by atoms with Crippen molar-refractivity contribution >= 4 is 12.2 Å². The summed E-state index contributed by atoms with van der Waals surface area (Å²) in [6.45, 7) is 1.37. The molecule has 3 heteroatoms. The second-order valence-corrected chi connectivity index (χ2v) is 2.57. The Labute approximate surface area is 71.6 Å². The average Bonchev–Trinajstić information content (AvgIpc) is 2.06. The van der Waals surface area contributed by atoms with Crippen LogP contribution in [0.1, 0.15) is 0 Å². The molecule has 1 aromatic rings. The highest BCUT2D eigenvalue weighted by Gasteiger charge is 1.95. The van der Waals surface area contributed by atoms with Crippen LogP contribution in [-0.4, -0.2) is 20.6 Å². The number of hydrogen-bond donors (Lipinski definition) is 0. The van der Waals surface area contributed by atoms with Gasteiger partial charge in [0.15, 0.2) is 0 Å². The molecule has 0 bridgehead atoms. The second kappa shape index (κ2) is 3.76. The lowest BCUT2D eigenvalue weighted by molar-refractivity contribution is 0.443. The molecule has 0 amide bonds. The van der Waals surface area contributed by atoms with Gasteiger partial charge in [-0.15, -0.1) is 0 Å². The Hall–Kier alpha value is -1.51. The molecule has 0 saturated carbocycles. The topological polar surface area (TPSA) is 29.5 Å². The van der Waals surface area contributed by atoms with Gasteiger partial charge in [0.25, 0.3) is 0 Å². The average molecular weight is 164 g/mol. The molecule has 12 heavy (non-hydrogen) atoms. The minimum Gasteiger partial charge on any atom is -0.418 e. The molecule has 1 radical (unpaired) electrons. The van der Waals surface area contributed by atoms with Crippen molar-refractivity contribution in [1.82, 2.24) is 0 Å². The third kappa shape index (κ3) is 1.99. The SMILES string of the molecule is CN(C)c1ccc(O[C]=O)cc1. The molecule has 0 unspecified atom stereocenters. The van der Waals surface area contributed by atoms with Crippen LogP contribution in [0.3, 0.4) is 0 Å². The predicted octanol–water partition coefficient (Wildman–Crippen LogP) is 1.20. The van der Waals surface area contributed by atoms with E-state index in [2.05, 4.69) is 4.74 Å². The van der Waals surface area contributed by atoms with Gasteiger partial charge >= 0.3 is 6.47 Å². The first kappa shape index (κ1) is 8.59. The Bertz CT molecular complexity index is 254. The first-order valence-corrected chi connectivity index (χ1v) is 3.55. The summed E-state index contributed by atoms with van der Waals surface area (Å²) in [5, 5.41) is 0. The maximum Gasteiger partial charge on any atom is 0.423 e. The molecule has 0 atom stereocenters. The van der Waals surface area contributed by atoms with Crippen LogP contribution in [0.2, 0.25) is 0 Å². The van der Waals surface area contributed by atoms with Crippen molar-refractivity contribution in [2.24, 2.45) is 0 Å². The lowest BCUT2D eigenvalue weighted by atomic mass is 10.3. The maximum atomic E-state index is 9.84. The fourth-order valence-corrected chi connectivity index (χ4v) is 0.860. The Morgan fingerprint density at radius 1 is 1.25 bits per heavy atom. The monoisotopic (exact) mass is 164 g/mol. The van der Waals surface area contributed by atoms with Crippen molar-refractivity contribution in [3.05, 3.63) is 24.3 Å². The third-order valence-electron chi connectivity index (χ3n) is 1.51. The summed E-state index contributed by atoms with van der Waals surface area (Å²) in [5.41, 5.74) is 1.06. The molecule has 0 saturated heterocycles. The number of anilines is 1. The third-order valence-corrected chi connectivity index (χ3v) is 1.51. The second-order valence-electron chi connectivity index (χ2n) is 2.57. The smallest absolute Gasteiger partial charge is 0.418 e. The van der Waals surface area contributed by atoms with Crippen molar-refractivity contribution in [2.75, 3.05) is 19.0 Å². The van der Waals surface area contributed by atoms with Crippen molar-refractivity contribution in [3.8, 4) is 5.75 Å². The normalized spacial score (nSPS) is 9.17.